The van der Waals surface area contributed by atoms with E-state index in [0.717, 1.165) is 22.6 Å². The summed E-state index contributed by atoms with van der Waals surface area (Å²) in [5.74, 6) is 0. The van der Waals surface area contributed by atoms with E-state index in [1.54, 1.807) is 23.5 Å². The highest BCUT2D eigenvalue weighted by molar-refractivity contribution is 7.09. The molecule has 1 aromatic heterocycles. The zero-order chi connectivity index (χ0) is 17.1. The summed E-state index contributed by atoms with van der Waals surface area (Å²) < 4.78 is 2.15. The zero-order valence-electron chi connectivity index (χ0n) is 13.5. The fraction of sp³-hybridized carbons (Fsp3) is 0.167. The van der Waals surface area contributed by atoms with Gasteiger partial charge in [0, 0.05) is 23.6 Å². The van der Waals surface area contributed by atoms with Crippen molar-refractivity contribution in [1.82, 2.24) is 4.57 Å². The molecule has 0 spiro atoms. The molecule has 0 amide bonds. The Kier molecular flexibility index (Phi) is 4.57. The van der Waals surface area contributed by atoms with Crippen LogP contribution in [0.4, 0.5) is 11.4 Å². The van der Waals surface area contributed by atoms with Gasteiger partial charge in [0.25, 0.3) is 5.69 Å². The highest BCUT2D eigenvalue weighted by Gasteiger charge is 2.12. The van der Waals surface area contributed by atoms with Crippen molar-refractivity contribution in [1.29, 1.82) is 0 Å². The minimum atomic E-state index is -0.401. The number of non-ortho nitro benzene ring substituents is 1. The van der Waals surface area contributed by atoms with Gasteiger partial charge in [-0.05, 0) is 25.5 Å². The molecule has 0 fully saturated rings. The summed E-state index contributed by atoms with van der Waals surface area (Å²) in [4.78, 5) is 17.2. The molecule has 0 aliphatic carbocycles. The Morgan fingerprint density at radius 1 is 1.17 bits per heavy atom. The largest absolute Gasteiger partial charge is 0.316 e. The third kappa shape index (κ3) is 3.14. The van der Waals surface area contributed by atoms with E-state index in [1.807, 2.05) is 18.2 Å². The number of hydrogen-bond donors (Lipinski definition) is 0. The van der Waals surface area contributed by atoms with E-state index >= 15 is 0 Å². The molecule has 2 aromatic carbocycles. The molecule has 1 heterocycles. The first-order valence-electron chi connectivity index (χ1n) is 7.65. The van der Waals surface area contributed by atoms with Gasteiger partial charge in [-0.15, -0.1) is 11.3 Å². The second kappa shape index (κ2) is 6.80. The maximum absolute atomic E-state index is 10.9. The Morgan fingerprint density at radius 3 is 2.58 bits per heavy atom. The molecule has 0 N–H and O–H groups in total. The normalized spacial score (nSPS) is 11.7. The first kappa shape index (κ1) is 16.1. The molecular weight excluding hydrogens is 322 g/mol. The molecule has 0 aliphatic rings. The van der Waals surface area contributed by atoms with E-state index in [1.165, 1.54) is 17.0 Å². The minimum Gasteiger partial charge on any atom is -0.316 e. The molecule has 0 atom stereocenters. The number of nitrogens with zero attached hydrogens (tertiary/aromatic N) is 3. The number of benzene rings is 2. The van der Waals surface area contributed by atoms with Crippen molar-refractivity contribution in [2.24, 2.45) is 4.99 Å². The zero-order valence-corrected chi connectivity index (χ0v) is 14.3. The molecule has 0 radical (unpaired) electrons. The predicted molar refractivity (Wildman–Crippen MR) is 96.5 cm³/mol. The molecule has 122 valence electrons. The van der Waals surface area contributed by atoms with Gasteiger partial charge in [0.05, 0.1) is 16.3 Å². The van der Waals surface area contributed by atoms with Gasteiger partial charge in [0.2, 0.25) is 0 Å². The van der Waals surface area contributed by atoms with Crippen molar-refractivity contribution in [2.45, 2.75) is 20.4 Å². The van der Waals surface area contributed by atoms with Crippen LogP contribution in [0.15, 0.2) is 59.6 Å². The smallest absolute Gasteiger partial charge is 0.271 e. The number of aromatic nitrogens is 1. The summed E-state index contributed by atoms with van der Waals surface area (Å²) in [6.45, 7) is 4.93. The van der Waals surface area contributed by atoms with Crippen LogP contribution in [-0.4, -0.2) is 9.49 Å². The Balaban J connectivity index is 2.16. The Hall–Kier alpha value is -2.73. The van der Waals surface area contributed by atoms with Crippen LogP contribution >= 0.6 is 11.3 Å². The van der Waals surface area contributed by atoms with E-state index in [2.05, 4.69) is 35.5 Å². The number of hydrogen-bond acceptors (Lipinski definition) is 4. The molecule has 0 aliphatic heterocycles. The van der Waals surface area contributed by atoms with Crippen LogP contribution in [0.5, 0.6) is 0 Å². The molecule has 6 heteroatoms. The van der Waals surface area contributed by atoms with Gasteiger partial charge in [0.1, 0.15) is 0 Å². The van der Waals surface area contributed by atoms with Crippen molar-refractivity contribution >= 4 is 22.7 Å². The lowest BCUT2D eigenvalue weighted by molar-refractivity contribution is -0.384. The maximum atomic E-state index is 10.9. The van der Waals surface area contributed by atoms with Gasteiger partial charge in [-0.2, -0.15) is 0 Å². The van der Waals surface area contributed by atoms with Crippen molar-refractivity contribution in [3.63, 3.8) is 0 Å². The predicted octanol–water partition coefficient (Wildman–Crippen LogP) is 4.69. The fourth-order valence-corrected chi connectivity index (χ4v) is 3.72. The van der Waals surface area contributed by atoms with Crippen LogP contribution in [0.3, 0.4) is 0 Å². The topological polar surface area (TPSA) is 60.4 Å². The second-order valence-electron chi connectivity index (χ2n) is 5.29. The molecule has 3 rings (SSSR count). The van der Waals surface area contributed by atoms with Gasteiger partial charge < -0.3 is 4.57 Å². The summed E-state index contributed by atoms with van der Waals surface area (Å²) in [7, 11) is 0. The molecule has 3 aromatic rings. The van der Waals surface area contributed by atoms with Crippen LogP contribution in [0.2, 0.25) is 0 Å². The Morgan fingerprint density at radius 2 is 1.92 bits per heavy atom. The number of rotatable bonds is 4. The van der Waals surface area contributed by atoms with Gasteiger partial charge in [-0.1, -0.05) is 36.4 Å². The number of thiazole rings is 1. The third-order valence-corrected chi connectivity index (χ3v) is 4.70. The monoisotopic (exact) mass is 339 g/mol. The molecular formula is C18H17N3O2S. The van der Waals surface area contributed by atoms with Crippen molar-refractivity contribution in [2.75, 3.05) is 0 Å². The number of nitro benzene ring substituents is 1. The van der Waals surface area contributed by atoms with Crippen LogP contribution in [0, 0.1) is 17.0 Å². The molecule has 0 saturated heterocycles. The highest BCUT2D eigenvalue weighted by atomic mass is 32.1. The molecule has 0 saturated carbocycles. The van der Waals surface area contributed by atoms with E-state index < -0.39 is 4.92 Å². The molecule has 5 nitrogen and oxygen atoms in total. The van der Waals surface area contributed by atoms with Crippen molar-refractivity contribution < 1.29 is 4.92 Å². The molecule has 24 heavy (non-hydrogen) atoms. The Labute approximate surface area is 143 Å². The van der Waals surface area contributed by atoms with Gasteiger partial charge >= 0.3 is 0 Å². The van der Waals surface area contributed by atoms with Crippen LogP contribution in [0.25, 0.3) is 11.3 Å². The van der Waals surface area contributed by atoms with Crippen LogP contribution in [-0.2, 0) is 6.54 Å². The Bertz CT molecular complexity index is 942. The van der Waals surface area contributed by atoms with Gasteiger partial charge in [0.15, 0.2) is 4.80 Å². The van der Waals surface area contributed by atoms with Crippen molar-refractivity contribution in [3.05, 3.63) is 74.4 Å². The summed E-state index contributed by atoms with van der Waals surface area (Å²) in [6.07, 6.45) is 0. The van der Waals surface area contributed by atoms with Gasteiger partial charge in [-0.3, -0.25) is 10.1 Å². The van der Waals surface area contributed by atoms with Gasteiger partial charge in [-0.25, -0.2) is 4.99 Å². The second-order valence-corrected chi connectivity index (χ2v) is 6.47. The van der Waals surface area contributed by atoms with E-state index in [0.29, 0.717) is 5.69 Å². The fourth-order valence-electron chi connectivity index (χ4n) is 2.64. The summed E-state index contributed by atoms with van der Waals surface area (Å²) >= 11 is 1.60. The van der Waals surface area contributed by atoms with E-state index in [4.69, 9.17) is 0 Å². The lowest BCUT2D eigenvalue weighted by Gasteiger charge is -2.07. The summed E-state index contributed by atoms with van der Waals surface area (Å²) in [5, 5.41) is 10.9. The highest BCUT2D eigenvalue weighted by Crippen LogP contribution is 2.26. The average molecular weight is 339 g/mol. The minimum absolute atomic E-state index is 0.0517. The first-order valence-corrected chi connectivity index (χ1v) is 8.46. The maximum Gasteiger partial charge on any atom is 0.271 e. The first-order chi connectivity index (χ1) is 11.6. The standard InChI is InChI=1S/C18H17N3O2S/c1-3-20-17(14-8-5-4-6-9-14)13(2)24-18(20)19-15-10-7-11-16(12-15)21(22)23/h4-12H,3H2,1-2H3. The lowest BCUT2D eigenvalue weighted by Crippen LogP contribution is -2.14. The van der Waals surface area contributed by atoms with Crippen LogP contribution < -0.4 is 4.80 Å². The number of nitro groups is 1. The third-order valence-electron chi connectivity index (χ3n) is 3.71. The van der Waals surface area contributed by atoms with E-state index in [9.17, 15) is 10.1 Å². The molecule has 0 bridgehead atoms. The quantitative estimate of drug-likeness (QED) is 0.511. The van der Waals surface area contributed by atoms with Crippen LogP contribution in [0.1, 0.15) is 11.8 Å². The molecule has 0 unspecified atom stereocenters. The SMILES string of the molecule is CCn1c(-c2ccccc2)c(C)sc1=Nc1cccc([N+](=O)[O-])c1. The summed E-state index contributed by atoms with van der Waals surface area (Å²) in [6, 6.07) is 16.6. The van der Waals surface area contributed by atoms with Crippen molar-refractivity contribution in [3.8, 4) is 11.3 Å². The van der Waals surface area contributed by atoms with E-state index in [-0.39, 0.29) is 5.69 Å². The lowest BCUT2D eigenvalue weighted by atomic mass is 10.1. The average Bonchev–Trinajstić information content (AvgIpc) is 2.91. The number of aryl methyl sites for hydroxylation is 1. The summed E-state index contributed by atoms with van der Waals surface area (Å²) in [5.41, 5.74) is 2.93.